The summed E-state index contributed by atoms with van der Waals surface area (Å²) in [6.45, 7) is 8.93. The van der Waals surface area contributed by atoms with Gasteiger partial charge in [0.05, 0.1) is 13.2 Å². The average molecular weight is 385 g/mol. The number of hydrogen-bond acceptors (Lipinski definition) is 6. The van der Waals surface area contributed by atoms with Gasteiger partial charge in [-0.2, -0.15) is 0 Å². The summed E-state index contributed by atoms with van der Waals surface area (Å²) in [4.78, 5) is 18.2. The van der Waals surface area contributed by atoms with Gasteiger partial charge in [0.2, 0.25) is 0 Å². The zero-order valence-corrected chi connectivity index (χ0v) is 16.3. The number of nitrogens with one attached hydrogen (secondary N) is 1. The molecule has 0 atom stereocenters. The highest BCUT2D eigenvalue weighted by atomic mass is 16.5. The van der Waals surface area contributed by atoms with Crippen LogP contribution in [-0.4, -0.2) is 68.8 Å². The fraction of sp³-hybridized carbons (Fsp3) is 0.579. The van der Waals surface area contributed by atoms with Gasteiger partial charge in [-0.3, -0.25) is 0 Å². The normalized spacial score (nSPS) is 10.2. The van der Waals surface area contributed by atoms with E-state index in [0.29, 0.717) is 25.7 Å². The molecule has 1 rings (SSSR count). The molecule has 0 unspecified atom stereocenters. The Bertz CT molecular complexity index is 505. The Labute approximate surface area is 160 Å². The fourth-order valence-electron chi connectivity index (χ4n) is 1.88. The van der Waals surface area contributed by atoms with Crippen LogP contribution in [0.5, 0.6) is 5.75 Å². The number of carboxylic acid groups (broad SMARTS) is 2. The molecule has 3 N–H and O–H groups in total. The molecular weight excluding hydrogens is 354 g/mol. The molecular formula is C19H31NO7. The molecule has 0 spiro atoms. The van der Waals surface area contributed by atoms with Crippen LogP contribution < -0.4 is 10.1 Å². The van der Waals surface area contributed by atoms with Crippen molar-refractivity contribution >= 4 is 11.9 Å². The zero-order chi connectivity index (χ0) is 20.5. The first-order valence-corrected chi connectivity index (χ1v) is 8.84. The van der Waals surface area contributed by atoms with E-state index in [2.05, 4.69) is 31.3 Å². The standard InChI is InChI=1S/C17H29NO3.C2H2O4/c1-15(2)16-5-7-17(8-6-16)21-14-13-20-12-10-18-9-4-11-19-3;3-1(4)2(5)6/h5-8,15,18H,4,9-14H2,1-3H3;(H,3,4)(H,5,6). The van der Waals surface area contributed by atoms with Crippen molar-refractivity contribution in [1.82, 2.24) is 5.32 Å². The number of hydrogen-bond donors (Lipinski definition) is 3. The van der Waals surface area contributed by atoms with Crippen LogP contribution in [0.3, 0.4) is 0 Å². The van der Waals surface area contributed by atoms with Crippen molar-refractivity contribution in [2.45, 2.75) is 26.2 Å². The van der Waals surface area contributed by atoms with E-state index in [-0.39, 0.29) is 0 Å². The maximum atomic E-state index is 9.10. The minimum absolute atomic E-state index is 0.554. The SMILES string of the molecule is COCCCNCCOCCOc1ccc(C(C)C)cc1.O=C(O)C(=O)O. The Morgan fingerprint density at radius 3 is 2.11 bits per heavy atom. The molecule has 8 heteroatoms. The molecule has 1 aromatic rings. The van der Waals surface area contributed by atoms with Crippen LogP contribution in [0.4, 0.5) is 0 Å². The maximum Gasteiger partial charge on any atom is 0.414 e. The highest BCUT2D eigenvalue weighted by molar-refractivity contribution is 6.27. The molecule has 154 valence electrons. The Hall–Kier alpha value is -2.16. The van der Waals surface area contributed by atoms with Gasteiger partial charge in [0.1, 0.15) is 12.4 Å². The minimum Gasteiger partial charge on any atom is -0.491 e. The van der Waals surface area contributed by atoms with E-state index in [1.54, 1.807) is 7.11 Å². The first-order valence-electron chi connectivity index (χ1n) is 8.84. The minimum atomic E-state index is -1.82. The lowest BCUT2D eigenvalue weighted by molar-refractivity contribution is -0.159. The summed E-state index contributed by atoms with van der Waals surface area (Å²) in [5.74, 6) is -2.19. The van der Waals surface area contributed by atoms with Crippen molar-refractivity contribution in [1.29, 1.82) is 0 Å². The molecule has 0 aliphatic heterocycles. The lowest BCUT2D eigenvalue weighted by Crippen LogP contribution is -2.22. The van der Waals surface area contributed by atoms with Crippen molar-refractivity contribution < 1.29 is 34.0 Å². The van der Waals surface area contributed by atoms with E-state index in [1.165, 1.54) is 5.56 Å². The monoisotopic (exact) mass is 385 g/mol. The van der Waals surface area contributed by atoms with Crippen molar-refractivity contribution in [2.75, 3.05) is 46.6 Å². The van der Waals surface area contributed by atoms with Gasteiger partial charge in [0.15, 0.2) is 0 Å². The second kappa shape index (κ2) is 16.0. The molecule has 0 saturated heterocycles. The van der Waals surface area contributed by atoms with Crippen LogP contribution in [-0.2, 0) is 19.1 Å². The molecule has 0 radical (unpaired) electrons. The van der Waals surface area contributed by atoms with Gasteiger partial charge in [0.25, 0.3) is 0 Å². The van der Waals surface area contributed by atoms with E-state index in [4.69, 9.17) is 34.0 Å². The fourth-order valence-corrected chi connectivity index (χ4v) is 1.88. The molecule has 1 aromatic carbocycles. The van der Waals surface area contributed by atoms with Gasteiger partial charge >= 0.3 is 11.9 Å². The van der Waals surface area contributed by atoms with Crippen molar-refractivity contribution in [2.24, 2.45) is 0 Å². The number of methoxy groups -OCH3 is 1. The van der Waals surface area contributed by atoms with Crippen molar-refractivity contribution in [3.8, 4) is 5.75 Å². The predicted molar refractivity (Wildman–Crippen MR) is 101 cm³/mol. The lowest BCUT2D eigenvalue weighted by atomic mass is 10.0. The molecule has 0 fully saturated rings. The first-order chi connectivity index (χ1) is 12.9. The molecule has 0 saturated carbocycles. The quantitative estimate of drug-likeness (QED) is 0.370. The topological polar surface area (TPSA) is 114 Å². The van der Waals surface area contributed by atoms with Crippen LogP contribution in [0.1, 0.15) is 31.7 Å². The van der Waals surface area contributed by atoms with Crippen LogP contribution >= 0.6 is 0 Å². The number of ether oxygens (including phenoxy) is 3. The van der Waals surface area contributed by atoms with Crippen LogP contribution in [0.2, 0.25) is 0 Å². The molecule has 0 aliphatic rings. The van der Waals surface area contributed by atoms with Gasteiger partial charge < -0.3 is 29.7 Å². The van der Waals surface area contributed by atoms with E-state index >= 15 is 0 Å². The Balaban J connectivity index is 0.000000972. The Morgan fingerprint density at radius 2 is 1.59 bits per heavy atom. The number of benzene rings is 1. The molecule has 0 bridgehead atoms. The lowest BCUT2D eigenvalue weighted by Gasteiger charge is -2.09. The third kappa shape index (κ3) is 14.7. The summed E-state index contributed by atoms with van der Waals surface area (Å²) in [5.41, 5.74) is 1.33. The molecule has 27 heavy (non-hydrogen) atoms. The van der Waals surface area contributed by atoms with Gasteiger partial charge in [-0.25, -0.2) is 9.59 Å². The molecule has 0 aromatic heterocycles. The van der Waals surface area contributed by atoms with E-state index in [9.17, 15) is 0 Å². The third-order valence-corrected chi connectivity index (χ3v) is 3.35. The highest BCUT2D eigenvalue weighted by Crippen LogP contribution is 2.18. The van der Waals surface area contributed by atoms with Crippen LogP contribution in [0.25, 0.3) is 0 Å². The van der Waals surface area contributed by atoms with Gasteiger partial charge in [-0.1, -0.05) is 26.0 Å². The summed E-state index contributed by atoms with van der Waals surface area (Å²) >= 11 is 0. The summed E-state index contributed by atoms with van der Waals surface area (Å²) in [7, 11) is 1.72. The summed E-state index contributed by atoms with van der Waals surface area (Å²) in [6, 6.07) is 8.27. The average Bonchev–Trinajstić information content (AvgIpc) is 2.64. The van der Waals surface area contributed by atoms with Gasteiger partial charge in [-0.15, -0.1) is 0 Å². The molecule has 0 aliphatic carbocycles. The number of carboxylic acids is 2. The predicted octanol–water partition coefficient (Wildman–Crippen LogP) is 1.99. The molecule has 0 amide bonds. The number of aliphatic carboxylic acids is 2. The highest BCUT2D eigenvalue weighted by Gasteiger charge is 2.04. The van der Waals surface area contributed by atoms with E-state index in [0.717, 1.165) is 31.9 Å². The number of carbonyl (C=O) groups is 2. The smallest absolute Gasteiger partial charge is 0.414 e. The van der Waals surface area contributed by atoms with Crippen LogP contribution in [0, 0.1) is 0 Å². The van der Waals surface area contributed by atoms with E-state index < -0.39 is 11.9 Å². The maximum absolute atomic E-state index is 9.10. The van der Waals surface area contributed by atoms with Crippen molar-refractivity contribution in [3.05, 3.63) is 29.8 Å². The second-order valence-electron chi connectivity index (χ2n) is 5.89. The van der Waals surface area contributed by atoms with E-state index in [1.807, 2.05) is 12.1 Å². The first kappa shape index (κ1) is 24.8. The Kier molecular flexibility index (Phi) is 14.8. The van der Waals surface area contributed by atoms with Crippen molar-refractivity contribution in [3.63, 3.8) is 0 Å². The zero-order valence-electron chi connectivity index (χ0n) is 16.3. The Morgan fingerprint density at radius 1 is 0.963 bits per heavy atom. The summed E-state index contributed by atoms with van der Waals surface area (Å²) in [6.07, 6.45) is 1.03. The van der Waals surface area contributed by atoms with Gasteiger partial charge in [0, 0.05) is 20.3 Å². The number of rotatable bonds is 12. The molecule has 8 nitrogen and oxygen atoms in total. The molecule has 0 heterocycles. The third-order valence-electron chi connectivity index (χ3n) is 3.35. The van der Waals surface area contributed by atoms with Crippen LogP contribution in [0.15, 0.2) is 24.3 Å². The largest absolute Gasteiger partial charge is 0.491 e. The summed E-state index contributed by atoms with van der Waals surface area (Å²) < 4.78 is 16.1. The second-order valence-corrected chi connectivity index (χ2v) is 5.89. The summed E-state index contributed by atoms with van der Waals surface area (Å²) in [5, 5.41) is 18.1. The van der Waals surface area contributed by atoms with Gasteiger partial charge in [-0.05, 0) is 36.6 Å².